The van der Waals surface area contributed by atoms with E-state index in [0.717, 1.165) is 11.1 Å². The van der Waals surface area contributed by atoms with Gasteiger partial charge in [-0.3, -0.25) is 4.79 Å². The highest BCUT2D eigenvalue weighted by Crippen LogP contribution is 2.06. The molecule has 6 nitrogen and oxygen atoms in total. The Kier molecular flexibility index (Phi) is 6.45. The van der Waals surface area contributed by atoms with Gasteiger partial charge in [0.15, 0.2) is 0 Å². The van der Waals surface area contributed by atoms with E-state index >= 15 is 0 Å². The number of hydrogen-bond acceptors (Lipinski definition) is 3. The lowest BCUT2D eigenvalue weighted by atomic mass is 10.2. The van der Waals surface area contributed by atoms with Crippen molar-refractivity contribution in [3.05, 3.63) is 59.5 Å². The molecule has 3 amide bonds. The van der Waals surface area contributed by atoms with Gasteiger partial charge in [-0.15, -0.1) is 0 Å². The lowest BCUT2D eigenvalue weighted by Crippen LogP contribution is -2.38. The van der Waals surface area contributed by atoms with Crippen LogP contribution in [0.3, 0.4) is 0 Å². The Bertz CT molecular complexity index is 717. The fraction of sp³-hybridized carbons (Fsp3) is 0.278. The van der Waals surface area contributed by atoms with E-state index in [9.17, 15) is 14.0 Å². The molecule has 0 saturated carbocycles. The van der Waals surface area contributed by atoms with Gasteiger partial charge in [0.25, 0.3) is 0 Å². The zero-order chi connectivity index (χ0) is 18.2. The molecule has 0 unspecified atom stereocenters. The van der Waals surface area contributed by atoms with Crippen LogP contribution in [0.25, 0.3) is 0 Å². The van der Waals surface area contributed by atoms with E-state index in [0.29, 0.717) is 12.4 Å². The smallest absolute Gasteiger partial charge is 0.317 e. The SMILES string of the molecule is Cc1ccc(NC(=O)CCNC(=O)N(C)Cc2ccc(F)cc2)nc1. The zero-order valence-electron chi connectivity index (χ0n) is 14.3. The van der Waals surface area contributed by atoms with Crippen molar-refractivity contribution in [1.29, 1.82) is 0 Å². The first-order valence-corrected chi connectivity index (χ1v) is 7.90. The Morgan fingerprint density at radius 1 is 1.16 bits per heavy atom. The summed E-state index contributed by atoms with van der Waals surface area (Å²) in [4.78, 5) is 29.4. The summed E-state index contributed by atoms with van der Waals surface area (Å²) < 4.78 is 12.9. The maximum Gasteiger partial charge on any atom is 0.317 e. The molecule has 0 atom stereocenters. The standard InChI is InChI=1S/C18H21FN4O2/c1-13-3-8-16(21-11-13)22-17(24)9-10-20-18(25)23(2)12-14-4-6-15(19)7-5-14/h3-8,11H,9-10,12H2,1-2H3,(H,20,25)(H,21,22,24). The lowest BCUT2D eigenvalue weighted by Gasteiger charge is -2.18. The summed E-state index contributed by atoms with van der Waals surface area (Å²) in [6.45, 7) is 2.48. The van der Waals surface area contributed by atoms with Crippen LogP contribution < -0.4 is 10.6 Å². The number of hydrogen-bond donors (Lipinski definition) is 2. The number of benzene rings is 1. The highest BCUT2D eigenvalue weighted by atomic mass is 19.1. The molecule has 0 radical (unpaired) electrons. The zero-order valence-corrected chi connectivity index (χ0v) is 14.3. The molecule has 1 heterocycles. The van der Waals surface area contributed by atoms with E-state index < -0.39 is 0 Å². The number of rotatable bonds is 6. The third-order valence-corrected chi connectivity index (χ3v) is 3.49. The Morgan fingerprint density at radius 3 is 2.52 bits per heavy atom. The topological polar surface area (TPSA) is 74.3 Å². The number of amides is 3. The van der Waals surface area contributed by atoms with Crippen molar-refractivity contribution in [3.8, 4) is 0 Å². The number of aryl methyl sites for hydroxylation is 1. The number of nitrogens with zero attached hydrogens (tertiary/aromatic N) is 2. The van der Waals surface area contributed by atoms with E-state index in [-0.39, 0.29) is 30.7 Å². The number of halogens is 1. The number of urea groups is 1. The van der Waals surface area contributed by atoms with Crippen LogP contribution in [-0.4, -0.2) is 35.4 Å². The Morgan fingerprint density at radius 2 is 1.88 bits per heavy atom. The van der Waals surface area contributed by atoms with E-state index in [4.69, 9.17) is 0 Å². The van der Waals surface area contributed by atoms with Crippen molar-refractivity contribution in [1.82, 2.24) is 15.2 Å². The summed E-state index contributed by atoms with van der Waals surface area (Å²) in [6, 6.07) is 9.24. The molecule has 0 saturated heterocycles. The fourth-order valence-electron chi connectivity index (χ4n) is 2.10. The second kappa shape index (κ2) is 8.77. The summed E-state index contributed by atoms with van der Waals surface area (Å²) >= 11 is 0. The molecular formula is C18H21FN4O2. The molecule has 0 aliphatic rings. The third-order valence-electron chi connectivity index (χ3n) is 3.49. The minimum atomic E-state index is -0.315. The summed E-state index contributed by atoms with van der Waals surface area (Å²) in [5, 5.41) is 5.34. The monoisotopic (exact) mass is 344 g/mol. The molecule has 1 aromatic carbocycles. The fourth-order valence-corrected chi connectivity index (χ4v) is 2.10. The van der Waals surface area contributed by atoms with Gasteiger partial charge in [-0.05, 0) is 36.2 Å². The van der Waals surface area contributed by atoms with Crippen molar-refractivity contribution >= 4 is 17.8 Å². The third kappa shape index (κ3) is 6.21. The van der Waals surface area contributed by atoms with Crippen molar-refractivity contribution in [2.24, 2.45) is 0 Å². The largest absolute Gasteiger partial charge is 0.337 e. The average molecular weight is 344 g/mol. The summed E-state index contributed by atoms with van der Waals surface area (Å²) in [5.41, 5.74) is 1.83. The normalized spacial score (nSPS) is 10.2. The van der Waals surface area contributed by atoms with Crippen LogP contribution in [0.2, 0.25) is 0 Å². The highest BCUT2D eigenvalue weighted by molar-refractivity contribution is 5.90. The average Bonchev–Trinajstić information content (AvgIpc) is 2.59. The second-order valence-corrected chi connectivity index (χ2v) is 5.73. The van der Waals surface area contributed by atoms with E-state index in [1.807, 2.05) is 13.0 Å². The number of aromatic nitrogens is 1. The van der Waals surface area contributed by atoms with Crippen molar-refractivity contribution < 1.29 is 14.0 Å². The predicted molar refractivity (Wildman–Crippen MR) is 93.5 cm³/mol. The molecule has 132 valence electrons. The van der Waals surface area contributed by atoms with Crippen LogP contribution in [0.4, 0.5) is 15.0 Å². The summed E-state index contributed by atoms with van der Waals surface area (Å²) in [7, 11) is 1.63. The first-order chi connectivity index (χ1) is 11.9. The van der Waals surface area contributed by atoms with Gasteiger partial charge in [0, 0.05) is 32.8 Å². The molecule has 0 fully saturated rings. The minimum absolute atomic E-state index is 0.145. The molecule has 2 N–H and O–H groups in total. The summed E-state index contributed by atoms with van der Waals surface area (Å²) in [5.74, 6) is -0.0573. The quantitative estimate of drug-likeness (QED) is 0.846. The molecule has 2 rings (SSSR count). The van der Waals surface area contributed by atoms with Crippen molar-refractivity contribution in [2.75, 3.05) is 18.9 Å². The van der Waals surface area contributed by atoms with Gasteiger partial charge in [0.05, 0.1) is 0 Å². The highest BCUT2D eigenvalue weighted by Gasteiger charge is 2.10. The van der Waals surface area contributed by atoms with Gasteiger partial charge in [-0.2, -0.15) is 0 Å². The van der Waals surface area contributed by atoms with Crippen molar-refractivity contribution in [2.45, 2.75) is 19.9 Å². The Balaban J connectivity index is 1.71. The van der Waals surface area contributed by atoms with Crippen LogP contribution in [0.1, 0.15) is 17.5 Å². The number of nitrogens with one attached hydrogen (secondary N) is 2. The maximum absolute atomic E-state index is 12.9. The van der Waals surface area contributed by atoms with Gasteiger partial charge in [-0.25, -0.2) is 14.2 Å². The first-order valence-electron chi connectivity index (χ1n) is 7.90. The molecule has 2 aromatic rings. The first kappa shape index (κ1) is 18.4. The molecule has 0 aliphatic carbocycles. The lowest BCUT2D eigenvalue weighted by molar-refractivity contribution is -0.116. The molecule has 1 aromatic heterocycles. The van der Waals surface area contributed by atoms with Crippen LogP contribution in [-0.2, 0) is 11.3 Å². The number of carbonyl (C=O) groups is 2. The van der Waals surface area contributed by atoms with Crippen LogP contribution in [0, 0.1) is 12.7 Å². The summed E-state index contributed by atoms with van der Waals surface area (Å²) in [6.07, 6.45) is 1.81. The number of carbonyl (C=O) groups excluding carboxylic acids is 2. The van der Waals surface area contributed by atoms with E-state index in [1.54, 1.807) is 31.4 Å². The molecule has 0 spiro atoms. The Labute approximate surface area is 146 Å². The van der Waals surface area contributed by atoms with Crippen LogP contribution in [0.5, 0.6) is 0 Å². The molecule has 25 heavy (non-hydrogen) atoms. The van der Waals surface area contributed by atoms with E-state index in [2.05, 4.69) is 15.6 Å². The molecule has 7 heteroatoms. The molecular weight excluding hydrogens is 323 g/mol. The van der Waals surface area contributed by atoms with Crippen LogP contribution in [0.15, 0.2) is 42.6 Å². The van der Waals surface area contributed by atoms with Gasteiger partial charge < -0.3 is 15.5 Å². The van der Waals surface area contributed by atoms with Gasteiger partial charge in [0.2, 0.25) is 5.91 Å². The van der Waals surface area contributed by atoms with Gasteiger partial charge >= 0.3 is 6.03 Å². The number of anilines is 1. The predicted octanol–water partition coefficient (Wildman–Crippen LogP) is 2.70. The minimum Gasteiger partial charge on any atom is -0.337 e. The van der Waals surface area contributed by atoms with Gasteiger partial charge in [0.1, 0.15) is 11.6 Å². The second-order valence-electron chi connectivity index (χ2n) is 5.73. The van der Waals surface area contributed by atoms with Gasteiger partial charge in [-0.1, -0.05) is 18.2 Å². The molecule has 0 bridgehead atoms. The van der Waals surface area contributed by atoms with E-state index in [1.165, 1.54) is 17.0 Å². The number of pyridine rings is 1. The van der Waals surface area contributed by atoms with Crippen molar-refractivity contribution in [3.63, 3.8) is 0 Å². The van der Waals surface area contributed by atoms with Crippen LogP contribution >= 0.6 is 0 Å². The maximum atomic E-state index is 12.9. The molecule has 0 aliphatic heterocycles. The Hall–Kier alpha value is -2.96.